The molecule has 0 saturated carbocycles. The van der Waals surface area contributed by atoms with E-state index in [1.54, 1.807) is 39.8 Å². The number of likely N-dealkylation sites (tertiary alicyclic amines) is 1. The molecular weight excluding hydrogens is 640 g/mol. The second-order valence-corrected chi connectivity index (χ2v) is 15.4. The van der Waals surface area contributed by atoms with Gasteiger partial charge in [-0.2, -0.15) is 0 Å². The minimum atomic E-state index is -1.03. The van der Waals surface area contributed by atoms with Crippen LogP contribution in [0.5, 0.6) is 0 Å². The largest absolute Gasteiger partial charge is 0.478 e. The third-order valence-electron chi connectivity index (χ3n) is 9.26. The number of aryl methyl sites for hydroxylation is 1. The number of amides is 4. The molecule has 4 rings (SSSR count). The Bertz CT molecular complexity index is 1560. The smallest absolute Gasteiger partial charge is 0.410 e. The Balaban J connectivity index is 1.55. The number of carbonyl (C=O) groups excluding carboxylic acids is 4. The van der Waals surface area contributed by atoms with E-state index in [1.807, 2.05) is 39.0 Å². The van der Waals surface area contributed by atoms with Crippen LogP contribution in [-0.2, 0) is 36.9 Å². The predicted octanol–water partition coefficient (Wildman–Crippen LogP) is 4.85. The molecule has 1 fully saturated rings. The van der Waals surface area contributed by atoms with Crippen molar-refractivity contribution in [3.63, 3.8) is 0 Å². The van der Waals surface area contributed by atoms with E-state index in [1.165, 1.54) is 34.5 Å². The molecule has 4 amide bonds. The number of ether oxygens (including phenoxy) is 2. The third kappa shape index (κ3) is 9.62. The van der Waals surface area contributed by atoms with Crippen molar-refractivity contribution in [1.82, 2.24) is 20.4 Å². The molecule has 5 atom stereocenters. The van der Waals surface area contributed by atoms with Gasteiger partial charge in [0, 0.05) is 20.0 Å². The van der Waals surface area contributed by atoms with E-state index < -0.39 is 59.1 Å². The van der Waals surface area contributed by atoms with Gasteiger partial charge in [0.15, 0.2) is 0 Å². The summed E-state index contributed by atoms with van der Waals surface area (Å²) >= 11 is 0. The molecule has 12 heteroatoms. The van der Waals surface area contributed by atoms with Gasteiger partial charge >= 0.3 is 12.1 Å². The molecule has 50 heavy (non-hydrogen) atoms. The van der Waals surface area contributed by atoms with Crippen LogP contribution in [-0.4, -0.2) is 88.1 Å². The highest BCUT2D eigenvalue weighted by molar-refractivity contribution is 5.94. The first kappa shape index (κ1) is 38.4. The van der Waals surface area contributed by atoms with Crippen molar-refractivity contribution in [2.24, 2.45) is 5.41 Å². The van der Waals surface area contributed by atoms with Gasteiger partial charge in [0.25, 0.3) is 0 Å². The molecule has 0 aromatic heterocycles. The third-order valence-corrected chi connectivity index (χ3v) is 9.26. The van der Waals surface area contributed by atoms with E-state index in [0.717, 1.165) is 30.4 Å². The number of rotatable bonds is 10. The maximum absolute atomic E-state index is 14.5. The lowest BCUT2D eigenvalue weighted by Crippen LogP contribution is -2.60. The van der Waals surface area contributed by atoms with Crippen LogP contribution < -0.4 is 10.6 Å². The number of benzene rings is 2. The zero-order valence-electron chi connectivity index (χ0n) is 30.4. The van der Waals surface area contributed by atoms with Gasteiger partial charge in [-0.3, -0.25) is 19.3 Å². The number of fused-ring (bicyclic) bond motifs is 1. The topological polar surface area (TPSA) is 155 Å². The number of likely N-dealkylation sites (N-methyl/N-ethyl adjacent to an activating group) is 1. The fourth-order valence-corrected chi connectivity index (χ4v) is 6.28. The zero-order valence-corrected chi connectivity index (χ0v) is 30.4. The Hall–Kier alpha value is -4.45. The van der Waals surface area contributed by atoms with Gasteiger partial charge in [-0.1, -0.05) is 57.2 Å². The van der Waals surface area contributed by atoms with Crippen LogP contribution in [0.4, 0.5) is 4.79 Å². The lowest BCUT2D eigenvalue weighted by atomic mass is 9.85. The van der Waals surface area contributed by atoms with E-state index >= 15 is 0 Å². The molecule has 3 N–H and O–H groups in total. The fourth-order valence-electron chi connectivity index (χ4n) is 6.28. The Morgan fingerprint density at radius 3 is 2.28 bits per heavy atom. The van der Waals surface area contributed by atoms with Crippen LogP contribution in [0.3, 0.4) is 0 Å². The van der Waals surface area contributed by atoms with Gasteiger partial charge in [-0.25, -0.2) is 9.59 Å². The summed E-state index contributed by atoms with van der Waals surface area (Å²) in [6.45, 7) is 12.5. The molecule has 1 aliphatic carbocycles. The van der Waals surface area contributed by atoms with Crippen LogP contribution in [0.1, 0.15) is 101 Å². The van der Waals surface area contributed by atoms with E-state index in [2.05, 4.69) is 16.7 Å². The van der Waals surface area contributed by atoms with Crippen LogP contribution in [0.2, 0.25) is 0 Å². The summed E-state index contributed by atoms with van der Waals surface area (Å²) in [5, 5.41) is 15.3. The molecule has 2 aromatic rings. The summed E-state index contributed by atoms with van der Waals surface area (Å²) in [6, 6.07) is 11.4. The van der Waals surface area contributed by atoms with E-state index in [4.69, 9.17) is 9.47 Å². The molecule has 1 saturated heterocycles. The van der Waals surface area contributed by atoms with Crippen molar-refractivity contribution in [2.75, 3.05) is 13.6 Å². The summed E-state index contributed by atoms with van der Waals surface area (Å²) in [5.74, 6) is -2.29. The van der Waals surface area contributed by atoms with Crippen LogP contribution in [0.25, 0.3) is 0 Å². The number of carbonyl (C=O) groups is 5. The van der Waals surface area contributed by atoms with Crippen molar-refractivity contribution in [3.8, 4) is 0 Å². The quantitative estimate of drug-likeness (QED) is 0.319. The summed E-state index contributed by atoms with van der Waals surface area (Å²) in [4.78, 5) is 68.8. The van der Waals surface area contributed by atoms with Crippen LogP contribution in [0.15, 0.2) is 48.5 Å². The minimum Gasteiger partial charge on any atom is -0.478 e. The molecule has 2 aliphatic rings. The number of nitrogens with one attached hydrogen (secondary N) is 2. The van der Waals surface area contributed by atoms with Crippen LogP contribution in [0, 0.1) is 5.41 Å². The lowest BCUT2D eigenvalue weighted by molar-refractivity contribution is -0.144. The maximum Gasteiger partial charge on any atom is 0.410 e. The van der Waals surface area contributed by atoms with Gasteiger partial charge in [-0.05, 0) is 81.2 Å². The molecule has 1 aliphatic heterocycles. The Kier molecular flexibility index (Phi) is 12.0. The first-order valence-electron chi connectivity index (χ1n) is 17.2. The predicted molar refractivity (Wildman–Crippen MR) is 187 cm³/mol. The zero-order chi connectivity index (χ0) is 37.0. The first-order chi connectivity index (χ1) is 23.4. The van der Waals surface area contributed by atoms with Crippen molar-refractivity contribution < 1.29 is 38.6 Å². The van der Waals surface area contributed by atoms with Gasteiger partial charge in [0.05, 0.1) is 24.3 Å². The van der Waals surface area contributed by atoms with Gasteiger partial charge in [0.2, 0.25) is 17.7 Å². The van der Waals surface area contributed by atoms with Crippen molar-refractivity contribution in [2.45, 2.75) is 117 Å². The molecular formula is C38H52N4O8. The van der Waals surface area contributed by atoms with Crippen LogP contribution >= 0.6 is 0 Å². The Morgan fingerprint density at radius 2 is 1.66 bits per heavy atom. The summed E-state index contributed by atoms with van der Waals surface area (Å²) in [6.07, 6.45) is 1.71. The molecule has 12 nitrogen and oxygen atoms in total. The average Bonchev–Trinajstić information content (AvgIpc) is 3.49. The average molecular weight is 693 g/mol. The Morgan fingerprint density at radius 1 is 1.00 bits per heavy atom. The number of hydrogen-bond acceptors (Lipinski definition) is 7. The molecule has 2 aromatic carbocycles. The highest BCUT2D eigenvalue weighted by atomic mass is 16.6. The summed E-state index contributed by atoms with van der Waals surface area (Å²) in [5.41, 5.74) is 1.67. The van der Waals surface area contributed by atoms with E-state index in [0.29, 0.717) is 0 Å². The SMILES string of the molecule is C[C@@H](C(=O)NC(C(=O)N1CC(OCc2ccc(C(=O)O)cc2)C[C@H]1C(=O)NC1CCCc2ccccc21)C(C)(C)C)N(C)C(=O)OC(C)(C)C. The van der Waals surface area contributed by atoms with Gasteiger partial charge in [-0.15, -0.1) is 0 Å². The minimum absolute atomic E-state index is 0.112. The monoisotopic (exact) mass is 692 g/mol. The molecule has 3 unspecified atom stereocenters. The second-order valence-electron chi connectivity index (χ2n) is 15.4. The molecule has 272 valence electrons. The summed E-state index contributed by atoms with van der Waals surface area (Å²) in [7, 11) is 1.47. The fraction of sp³-hybridized carbons (Fsp3) is 0.553. The highest BCUT2D eigenvalue weighted by Gasteiger charge is 2.46. The molecule has 0 bridgehead atoms. The molecule has 0 spiro atoms. The standard InChI is InChI=1S/C38H52N4O8/c1-23(41(8)36(48)50-38(5,6)7)32(43)40-31(37(2,3)4)34(45)42-21-27(49-22-24-16-18-26(19-17-24)35(46)47)20-30(42)33(44)39-29-15-11-13-25-12-9-10-14-28(25)29/h9-10,12,14,16-19,23,27,29-31H,11,13,15,20-22H2,1-8H3,(H,39,44)(H,40,43)(H,46,47)/t23-,27?,29?,30-,31?/m0/s1. The van der Waals surface area contributed by atoms with Crippen molar-refractivity contribution >= 4 is 29.8 Å². The normalized spacial score (nSPS) is 20.2. The summed E-state index contributed by atoms with van der Waals surface area (Å²) < 4.78 is 11.6. The van der Waals surface area contributed by atoms with Crippen molar-refractivity contribution in [1.29, 1.82) is 0 Å². The highest BCUT2D eigenvalue weighted by Crippen LogP contribution is 2.32. The number of nitrogens with zero attached hydrogens (tertiary/aromatic N) is 2. The molecule has 1 heterocycles. The van der Waals surface area contributed by atoms with Crippen molar-refractivity contribution in [3.05, 3.63) is 70.8 Å². The van der Waals surface area contributed by atoms with Gasteiger partial charge in [0.1, 0.15) is 23.7 Å². The maximum atomic E-state index is 14.5. The molecule has 0 radical (unpaired) electrons. The van der Waals surface area contributed by atoms with E-state index in [9.17, 15) is 29.1 Å². The lowest BCUT2D eigenvalue weighted by Gasteiger charge is -2.37. The second kappa shape index (κ2) is 15.6. The Labute approximate surface area is 294 Å². The number of aromatic carboxylic acids is 1. The first-order valence-corrected chi connectivity index (χ1v) is 17.2. The number of hydrogen-bond donors (Lipinski definition) is 3. The number of carboxylic acid groups (broad SMARTS) is 1. The van der Waals surface area contributed by atoms with E-state index in [-0.39, 0.29) is 37.1 Å². The van der Waals surface area contributed by atoms with Gasteiger partial charge < -0.3 is 30.1 Å². The number of carboxylic acids is 1.